The third kappa shape index (κ3) is 7.70. The summed E-state index contributed by atoms with van der Waals surface area (Å²) in [6.45, 7) is 2.81. The Kier molecular flexibility index (Phi) is 7.76. The molecule has 0 aliphatic rings. The molecule has 3 nitrogen and oxygen atoms in total. The Morgan fingerprint density at radius 1 is 1.36 bits per heavy atom. The van der Waals surface area contributed by atoms with Gasteiger partial charge in [-0.3, -0.25) is 0 Å². The number of hydrogen-bond donors (Lipinski definition) is 1. The summed E-state index contributed by atoms with van der Waals surface area (Å²) in [5.41, 5.74) is 0. The van der Waals surface area contributed by atoms with Gasteiger partial charge in [-0.1, -0.05) is 0 Å². The van der Waals surface area contributed by atoms with Crippen LogP contribution < -0.4 is 5.32 Å². The molecule has 0 aromatic carbocycles. The standard InChI is InChI=1S/C7H14NO.Al.O/c1-2-3-4-5-6-8-7-9;;/h2-6H2,1H3,(H,8,9);;. The molecule has 4 heteroatoms. The molecular formula is C7H14AlNO2. The van der Waals surface area contributed by atoms with Crippen LogP contribution in [-0.4, -0.2) is 26.5 Å². The zero-order chi connectivity index (χ0) is 8.53. The Morgan fingerprint density at radius 3 is 2.64 bits per heavy atom. The van der Waals surface area contributed by atoms with Gasteiger partial charge in [0.1, 0.15) is 0 Å². The summed E-state index contributed by atoms with van der Waals surface area (Å²) in [4.78, 5) is 10.5. The minimum atomic E-state index is -1.28. The quantitative estimate of drug-likeness (QED) is 0.484. The fraction of sp³-hybridized carbons (Fsp3) is 0.857. The second kappa shape index (κ2) is 7.90. The van der Waals surface area contributed by atoms with Crippen LogP contribution in [0.5, 0.6) is 0 Å². The maximum atomic E-state index is 10.5. The second-order valence-electron chi connectivity index (χ2n) is 2.47. The molecular weight excluding hydrogens is 157 g/mol. The summed E-state index contributed by atoms with van der Waals surface area (Å²) in [6, 6.07) is 0. The van der Waals surface area contributed by atoms with Gasteiger partial charge in [0.15, 0.2) is 0 Å². The molecule has 0 saturated heterocycles. The second-order valence-corrected chi connectivity index (χ2v) is 3.23. The first-order valence-electron chi connectivity index (χ1n) is 4.04. The van der Waals surface area contributed by atoms with Gasteiger partial charge in [0.25, 0.3) is 0 Å². The average molecular weight is 171 g/mol. The third-order valence-electron chi connectivity index (χ3n) is 1.44. The van der Waals surface area contributed by atoms with E-state index in [9.17, 15) is 8.60 Å². The van der Waals surface area contributed by atoms with E-state index in [1.807, 2.05) is 0 Å². The van der Waals surface area contributed by atoms with E-state index in [1.165, 1.54) is 12.8 Å². The molecule has 0 atom stereocenters. The van der Waals surface area contributed by atoms with Crippen LogP contribution in [0.3, 0.4) is 0 Å². The van der Waals surface area contributed by atoms with Crippen molar-refractivity contribution in [3.05, 3.63) is 0 Å². The van der Waals surface area contributed by atoms with Crippen molar-refractivity contribution in [2.45, 2.75) is 32.6 Å². The SMILES string of the molecule is CCCCCCN[C](=O)[Al]=[O]. The van der Waals surface area contributed by atoms with Crippen molar-refractivity contribution < 1.29 is 8.60 Å². The van der Waals surface area contributed by atoms with Crippen molar-refractivity contribution >= 4 is 19.9 Å². The molecule has 1 N–H and O–H groups in total. The van der Waals surface area contributed by atoms with Gasteiger partial charge in [-0.05, 0) is 0 Å². The molecule has 0 rings (SSSR count). The summed E-state index contributed by atoms with van der Waals surface area (Å²) in [6.07, 6.45) is 4.55. The first-order chi connectivity index (χ1) is 5.31. The number of nitrogens with one attached hydrogen (secondary N) is 1. The topological polar surface area (TPSA) is 46.2 Å². The molecule has 0 aliphatic heterocycles. The Morgan fingerprint density at radius 2 is 2.09 bits per heavy atom. The van der Waals surface area contributed by atoms with Gasteiger partial charge >= 0.3 is 73.0 Å². The molecule has 0 saturated carbocycles. The molecule has 0 heterocycles. The van der Waals surface area contributed by atoms with Crippen molar-refractivity contribution in [1.29, 1.82) is 0 Å². The molecule has 0 aromatic heterocycles. The Labute approximate surface area is 73.5 Å². The molecule has 0 unspecified atom stereocenters. The van der Waals surface area contributed by atoms with Gasteiger partial charge < -0.3 is 0 Å². The van der Waals surface area contributed by atoms with Crippen molar-refractivity contribution in [2.24, 2.45) is 0 Å². The average Bonchev–Trinajstić information content (AvgIpc) is 2.04. The summed E-state index contributed by atoms with van der Waals surface area (Å²) >= 11 is -1.28. The van der Waals surface area contributed by atoms with Crippen molar-refractivity contribution in [3.8, 4) is 0 Å². The fourth-order valence-corrected chi connectivity index (χ4v) is 1.03. The summed E-state index contributed by atoms with van der Waals surface area (Å²) in [5, 5.41) is 2.58. The van der Waals surface area contributed by atoms with Crippen LogP contribution in [0, 0.1) is 0 Å². The van der Waals surface area contributed by atoms with Crippen LogP contribution in [0.1, 0.15) is 32.6 Å². The summed E-state index contributed by atoms with van der Waals surface area (Å²) in [7, 11) is 0. The molecule has 0 spiro atoms. The Balaban J connectivity index is 3.01. The van der Waals surface area contributed by atoms with Crippen LogP contribution in [0.25, 0.3) is 0 Å². The van der Waals surface area contributed by atoms with E-state index >= 15 is 0 Å². The van der Waals surface area contributed by atoms with Gasteiger partial charge in [-0.2, -0.15) is 0 Å². The minimum absolute atomic E-state index is 0.304. The van der Waals surface area contributed by atoms with Crippen molar-refractivity contribution in [2.75, 3.05) is 6.54 Å². The van der Waals surface area contributed by atoms with Gasteiger partial charge in [-0.15, -0.1) is 0 Å². The van der Waals surface area contributed by atoms with E-state index in [2.05, 4.69) is 12.2 Å². The molecule has 0 aromatic rings. The zero-order valence-electron chi connectivity index (χ0n) is 6.93. The molecule has 0 bridgehead atoms. The fourth-order valence-electron chi connectivity index (χ4n) is 0.805. The van der Waals surface area contributed by atoms with E-state index in [4.69, 9.17) is 0 Å². The molecule has 0 fully saturated rings. The van der Waals surface area contributed by atoms with E-state index < -0.39 is 15.2 Å². The van der Waals surface area contributed by atoms with E-state index in [0.717, 1.165) is 12.8 Å². The maximum absolute atomic E-state index is 10.5. The van der Waals surface area contributed by atoms with E-state index in [1.54, 1.807) is 0 Å². The number of amides is 1. The number of carbonyl (C=O) groups excluding carboxylic acids is 1. The first-order valence-corrected chi connectivity index (χ1v) is 5.09. The van der Waals surface area contributed by atoms with Crippen LogP contribution in [0.15, 0.2) is 0 Å². The first kappa shape index (κ1) is 10.8. The van der Waals surface area contributed by atoms with E-state index in [0.29, 0.717) is 6.54 Å². The van der Waals surface area contributed by atoms with Crippen molar-refractivity contribution in [1.82, 2.24) is 5.32 Å². The molecule has 62 valence electrons. The zero-order valence-corrected chi connectivity index (χ0v) is 8.08. The van der Waals surface area contributed by atoms with Gasteiger partial charge in [0.05, 0.1) is 0 Å². The van der Waals surface area contributed by atoms with Crippen molar-refractivity contribution in [3.63, 3.8) is 0 Å². The predicted molar refractivity (Wildman–Crippen MR) is 44.0 cm³/mol. The van der Waals surface area contributed by atoms with Crippen LogP contribution in [0.4, 0.5) is 4.79 Å². The third-order valence-corrected chi connectivity index (χ3v) is 1.85. The number of rotatable bonds is 6. The molecule has 1 amide bonds. The molecule has 0 radical (unpaired) electrons. The Bertz CT molecular complexity index is 128. The summed E-state index contributed by atoms with van der Waals surface area (Å²) < 4.78 is 9.72. The normalized spacial score (nSPS) is 8.82. The van der Waals surface area contributed by atoms with Crippen LogP contribution in [0.2, 0.25) is 0 Å². The number of carbonyl (C=O) groups is 1. The van der Waals surface area contributed by atoms with Gasteiger partial charge in [-0.25, -0.2) is 0 Å². The van der Waals surface area contributed by atoms with Gasteiger partial charge in [0.2, 0.25) is 0 Å². The monoisotopic (exact) mass is 171 g/mol. The number of hydrogen-bond acceptors (Lipinski definition) is 2. The van der Waals surface area contributed by atoms with Crippen LogP contribution in [-0.2, 0) is 3.80 Å². The molecule has 0 aliphatic carbocycles. The summed E-state index contributed by atoms with van der Waals surface area (Å²) in [5.74, 6) is 0. The number of unbranched alkanes of at least 4 members (excludes halogenated alkanes) is 3. The van der Waals surface area contributed by atoms with E-state index in [-0.39, 0.29) is 4.77 Å². The Hall–Kier alpha value is -0.198. The molecule has 11 heavy (non-hydrogen) atoms. The van der Waals surface area contributed by atoms with Crippen LogP contribution >= 0.6 is 0 Å². The predicted octanol–water partition coefficient (Wildman–Crippen LogP) is 1.33. The van der Waals surface area contributed by atoms with Gasteiger partial charge in [0, 0.05) is 0 Å².